The van der Waals surface area contributed by atoms with E-state index in [0.29, 0.717) is 5.54 Å². The van der Waals surface area contributed by atoms with Crippen molar-refractivity contribution in [2.24, 2.45) is 5.73 Å². The molecule has 0 aromatic carbocycles. The van der Waals surface area contributed by atoms with Crippen molar-refractivity contribution in [2.75, 3.05) is 39.3 Å². The quantitative estimate of drug-likeness (QED) is 0.698. The van der Waals surface area contributed by atoms with Gasteiger partial charge in [-0.1, -0.05) is 40.0 Å². The molecule has 0 saturated heterocycles. The number of hydrogen-bond acceptors (Lipinski definition) is 3. The summed E-state index contributed by atoms with van der Waals surface area (Å²) >= 11 is 0. The molecule has 3 heteroatoms. The lowest BCUT2D eigenvalue weighted by Crippen LogP contribution is -2.55. The number of likely N-dealkylation sites (N-methyl/N-ethyl adjacent to an activating group) is 1. The van der Waals surface area contributed by atoms with E-state index in [-0.39, 0.29) is 0 Å². The third-order valence-corrected chi connectivity index (χ3v) is 5.01. The number of hydrogen-bond donors (Lipinski definition) is 1. The zero-order valence-corrected chi connectivity index (χ0v) is 13.5. The molecular formula is C16H35N3. The standard InChI is InChI=1S/C16H35N3/c1-4-18(5-2)13-10-14-19(6-3)16(15-17)11-8-7-9-12-16/h4-15,17H2,1-3H3. The van der Waals surface area contributed by atoms with Crippen LogP contribution in [0, 0.1) is 0 Å². The second-order valence-corrected chi connectivity index (χ2v) is 5.95. The third kappa shape index (κ3) is 4.73. The van der Waals surface area contributed by atoms with Crippen LogP contribution in [0.25, 0.3) is 0 Å². The second-order valence-electron chi connectivity index (χ2n) is 5.95. The minimum absolute atomic E-state index is 0.316. The maximum atomic E-state index is 6.15. The first-order valence-corrected chi connectivity index (χ1v) is 8.39. The molecule has 3 nitrogen and oxygen atoms in total. The summed E-state index contributed by atoms with van der Waals surface area (Å²) in [5.41, 5.74) is 6.46. The Morgan fingerprint density at radius 3 is 2.00 bits per heavy atom. The van der Waals surface area contributed by atoms with Crippen LogP contribution in [0.15, 0.2) is 0 Å². The molecule has 0 radical (unpaired) electrons. The van der Waals surface area contributed by atoms with Crippen LogP contribution < -0.4 is 5.73 Å². The Balaban J connectivity index is 2.46. The smallest absolute Gasteiger partial charge is 0.0331 e. The van der Waals surface area contributed by atoms with E-state index < -0.39 is 0 Å². The monoisotopic (exact) mass is 269 g/mol. The van der Waals surface area contributed by atoms with Gasteiger partial charge in [0.1, 0.15) is 0 Å². The molecule has 0 aliphatic heterocycles. The molecule has 0 aromatic heterocycles. The molecule has 1 rings (SSSR count). The summed E-state index contributed by atoms with van der Waals surface area (Å²) in [6, 6.07) is 0. The Bertz CT molecular complexity index is 220. The lowest BCUT2D eigenvalue weighted by molar-refractivity contribution is 0.0580. The first kappa shape index (κ1) is 16.9. The van der Waals surface area contributed by atoms with Crippen LogP contribution in [0.2, 0.25) is 0 Å². The van der Waals surface area contributed by atoms with Gasteiger partial charge in [0, 0.05) is 12.1 Å². The fraction of sp³-hybridized carbons (Fsp3) is 1.00. The lowest BCUT2D eigenvalue weighted by Gasteiger charge is -2.46. The molecule has 1 aliphatic carbocycles. The molecular weight excluding hydrogens is 234 g/mol. The van der Waals surface area contributed by atoms with Crippen molar-refractivity contribution in [3.8, 4) is 0 Å². The molecule has 0 bridgehead atoms. The van der Waals surface area contributed by atoms with Gasteiger partial charge in [0.15, 0.2) is 0 Å². The maximum Gasteiger partial charge on any atom is 0.0331 e. The van der Waals surface area contributed by atoms with Crippen molar-refractivity contribution in [1.29, 1.82) is 0 Å². The van der Waals surface area contributed by atoms with Gasteiger partial charge in [-0.25, -0.2) is 0 Å². The summed E-state index contributed by atoms with van der Waals surface area (Å²) in [6.45, 7) is 13.6. The summed E-state index contributed by atoms with van der Waals surface area (Å²) in [7, 11) is 0. The van der Waals surface area contributed by atoms with E-state index in [2.05, 4.69) is 30.6 Å². The normalized spacial score (nSPS) is 19.3. The van der Waals surface area contributed by atoms with Gasteiger partial charge in [-0.15, -0.1) is 0 Å². The summed E-state index contributed by atoms with van der Waals surface area (Å²) in [5.74, 6) is 0. The van der Waals surface area contributed by atoms with E-state index in [9.17, 15) is 0 Å². The van der Waals surface area contributed by atoms with Gasteiger partial charge in [-0.3, -0.25) is 4.90 Å². The fourth-order valence-corrected chi connectivity index (χ4v) is 3.62. The Morgan fingerprint density at radius 2 is 1.53 bits per heavy atom. The Labute approximate surface area is 120 Å². The molecule has 0 atom stereocenters. The predicted octanol–water partition coefficient (Wildman–Crippen LogP) is 2.70. The lowest BCUT2D eigenvalue weighted by atomic mass is 9.80. The van der Waals surface area contributed by atoms with Crippen LogP contribution in [0.5, 0.6) is 0 Å². The van der Waals surface area contributed by atoms with Crippen LogP contribution >= 0.6 is 0 Å². The Morgan fingerprint density at radius 1 is 0.895 bits per heavy atom. The topological polar surface area (TPSA) is 32.5 Å². The van der Waals surface area contributed by atoms with Crippen LogP contribution in [-0.4, -0.2) is 54.6 Å². The zero-order valence-electron chi connectivity index (χ0n) is 13.5. The Hall–Kier alpha value is -0.120. The third-order valence-electron chi connectivity index (χ3n) is 5.01. The molecule has 2 N–H and O–H groups in total. The summed E-state index contributed by atoms with van der Waals surface area (Å²) in [5, 5.41) is 0. The fourth-order valence-electron chi connectivity index (χ4n) is 3.62. The van der Waals surface area contributed by atoms with Crippen molar-refractivity contribution in [3.63, 3.8) is 0 Å². The van der Waals surface area contributed by atoms with E-state index in [0.717, 1.165) is 13.1 Å². The highest BCUT2D eigenvalue weighted by molar-refractivity contribution is 4.93. The number of nitrogens with zero attached hydrogens (tertiary/aromatic N) is 2. The molecule has 0 amide bonds. The predicted molar refractivity (Wildman–Crippen MR) is 84.5 cm³/mol. The minimum Gasteiger partial charge on any atom is -0.329 e. The van der Waals surface area contributed by atoms with E-state index in [1.165, 1.54) is 64.7 Å². The SMILES string of the molecule is CCN(CC)CCCN(CC)C1(CN)CCCCC1. The highest BCUT2D eigenvalue weighted by Crippen LogP contribution is 2.32. The van der Waals surface area contributed by atoms with Gasteiger partial charge >= 0.3 is 0 Å². The summed E-state index contributed by atoms with van der Waals surface area (Å²) < 4.78 is 0. The summed E-state index contributed by atoms with van der Waals surface area (Å²) in [4.78, 5) is 5.19. The zero-order chi connectivity index (χ0) is 14.1. The molecule has 1 saturated carbocycles. The van der Waals surface area contributed by atoms with E-state index in [1.807, 2.05) is 0 Å². The van der Waals surface area contributed by atoms with Gasteiger partial charge in [0.25, 0.3) is 0 Å². The van der Waals surface area contributed by atoms with E-state index in [1.54, 1.807) is 0 Å². The van der Waals surface area contributed by atoms with Crippen LogP contribution in [-0.2, 0) is 0 Å². The molecule has 1 fully saturated rings. The molecule has 19 heavy (non-hydrogen) atoms. The van der Waals surface area contributed by atoms with Crippen LogP contribution in [0.4, 0.5) is 0 Å². The molecule has 0 spiro atoms. The number of rotatable bonds is 9. The second kappa shape index (κ2) is 8.93. The maximum absolute atomic E-state index is 6.15. The van der Waals surface area contributed by atoms with Gasteiger partial charge < -0.3 is 10.6 Å². The number of nitrogens with two attached hydrogens (primary N) is 1. The van der Waals surface area contributed by atoms with Crippen LogP contribution in [0.3, 0.4) is 0 Å². The molecule has 0 aromatic rings. The largest absolute Gasteiger partial charge is 0.329 e. The van der Waals surface area contributed by atoms with Crippen molar-refractivity contribution in [2.45, 2.75) is 64.8 Å². The van der Waals surface area contributed by atoms with E-state index in [4.69, 9.17) is 5.73 Å². The van der Waals surface area contributed by atoms with Gasteiger partial charge in [0.05, 0.1) is 0 Å². The molecule has 0 heterocycles. The minimum atomic E-state index is 0.316. The molecule has 0 unspecified atom stereocenters. The molecule has 114 valence electrons. The van der Waals surface area contributed by atoms with Crippen molar-refractivity contribution >= 4 is 0 Å². The summed E-state index contributed by atoms with van der Waals surface area (Å²) in [6.07, 6.45) is 8.02. The average molecular weight is 269 g/mol. The van der Waals surface area contributed by atoms with Crippen molar-refractivity contribution < 1.29 is 0 Å². The first-order valence-electron chi connectivity index (χ1n) is 8.39. The van der Waals surface area contributed by atoms with Gasteiger partial charge in [-0.05, 0) is 52.0 Å². The first-order chi connectivity index (χ1) is 9.22. The van der Waals surface area contributed by atoms with Crippen LogP contribution in [0.1, 0.15) is 59.3 Å². The average Bonchev–Trinajstić information content (AvgIpc) is 2.48. The van der Waals surface area contributed by atoms with Crippen molar-refractivity contribution in [3.05, 3.63) is 0 Å². The van der Waals surface area contributed by atoms with Gasteiger partial charge in [0.2, 0.25) is 0 Å². The van der Waals surface area contributed by atoms with E-state index >= 15 is 0 Å². The highest BCUT2D eigenvalue weighted by Gasteiger charge is 2.35. The highest BCUT2D eigenvalue weighted by atomic mass is 15.2. The van der Waals surface area contributed by atoms with Gasteiger partial charge in [-0.2, -0.15) is 0 Å². The Kier molecular flexibility index (Phi) is 7.96. The molecule has 1 aliphatic rings. The van der Waals surface area contributed by atoms with Crippen molar-refractivity contribution in [1.82, 2.24) is 9.80 Å².